The van der Waals surface area contributed by atoms with Crippen LogP contribution in [-0.2, 0) is 6.54 Å². The smallest absolute Gasteiger partial charge is 0.348 e. The van der Waals surface area contributed by atoms with Gasteiger partial charge in [0.1, 0.15) is 11.4 Å². The lowest BCUT2D eigenvalue weighted by molar-refractivity contribution is 0.0696. The number of carbonyl (C=O) groups is 1. The Bertz CT molecular complexity index is 677. The number of carboxylic acid groups (broad SMARTS) is 1. The van der Waals surface area contributed by atoms with Crippen LogP contribution in [0.3, 0.4) is 0 Å². The number of hydrogen-bond donors (Lipinski definition) is 1. The summed E-state index contributed by atoms with van der Waals surface area (Å²) in [5.74, 6) is -1.63. The average molecular weight is 262 g/mol. The summed E-state index contributed by atoms with van der Waals surface area (Å²) in [5.41, 5.74) is -0.193. The van der Waals surface area contributed by atoms with Crippen molar-refractivity contribution in [2.75, 3.05) is 0 Å². The Morgan fingerprint density at radius 1 is 1.37 bits per heavy atom. The highest BCUT2D eigenvalue weighted by atomic mass is 19.1. The third-order valence-electron chi connectivity index (χ3n) is 2.68. The number of aromatic carboxylic acids is 1. The van der Waals surface area contributed by atoms with Crippen LogP contribution in [0.25, 0.3) is 11.3 Å². The quantitative estimate of drug-likeness (QED) is 0.914. The van der Waals surface area contributed by atoms with Crippen molar-refractivity contribution in [1.29, 1.82) is 0 Å². The highest BCUT2D eigenvalue weighted by Gasteiger charge is 2.16. The molecule has 98 valence electrons. The lowest BCUT2D eigenvalue weighted by Gasteiger charge is -2.08. The van der Waals surface area contributed by atoms with Gasteiger partial charge in [0.25, 0.3) is 0 Å². The van der Waals surface area contributed by atoms with E-state index in [2.05, 4.69) is 4.98 Å². The first kappa shape index (κ1) is 12.9. The molecule has 1 aromatic heterocycles. The van der Waals surface area contributed by atoms with Crippen LogP contribution in [0, 0.1) is 5.82 Å². The zero-order valence-electron chi connectivity index (χ0n) is 10.1. The molecule has 0 aliphatic carbocycles. The van der Waals surface area contributed by atoms with Crippen molar-refractivity contribution in [3.05, 3.63) is 52.3 Å². The monoisotopic (exact) mass is 262 g/mol. The molecule has 0 unspecified atom stereocenters. The number of halogens is 1. The number of rotatable bonds is 3. The van der Waals surface area contributed by atoms with Gasteiger partial charge in [-0.25, -0.2) is 14.0 Å². The van der Waals surface area contributed by atoms with E-state index in [-0.39, 0.29) is 11.3 Å². The van der Waals surface area contributed by atoms with Gasteiger partial charge in [-0.15, -0.1) is 0 Å². The molecule has 2 aromatic rings. The summed E-state index contributed by atoms with van der Waals surface area (Å²) < 4.78 is 14.1. The van der Waals surface area contributed by atoms with Crippen LogP contribution in [0.5, 0.6) is 0 Å². The van der Waals surface area contributed by atoms with Gasteiger partial charge < -0.3 is 5.11 Å². The lowest BCUT2D eigenvalue weighted by Crippen LogP contribution is -2.24. The van der Waals surface area contributed by atoms with E-state index in [0.29, 0.717) is 12.1 Å². The van der Waals surface area contributed by atoms with Crippen LogP contribution in [0.15, 0.2) is 35.3 Å². The van der Waals surface area contributed by atoms with E-state index >= 15 is 0 Å². The van der Waals surface area contributed by atoms with E-state index in [1.165, 1.54) is 35.0 Å². The van der Waals surface area contributed by atoms with E-state index in [4.69, 9.17) is 5.11 Å². The van der Waals surface area contributed by atoms with Crippen LogP contribution < -0.4 is 5.69 Å². The molecular weight excluding hydrogens is 251 g/mol. The zero-order valence-corrected chi connectivity index (χ0v) is 10.1. The number of nitrogens with zero attached hydrogens (tertiary/aromatic N) is 2. The van der Waals surface area contributed by atoms with Gasteiger partial charge in [0.05, 0.1) is 5.69 Å². The van der Waals surface area contributed by atoms with Crippen molar-refractivity contribution in [2.45, 2.75) is 13.5 Å². The summed E-state index contributed by atoms with van der Waals surface area (Å²) >= 11 is 0. The van der Waals surface area contributed by atoms with E-state index in [1.807, 2.05) is 0 Å². The second-order valence-electron chi connectivity index (χ2n) is 3.88. The SMILES string of the molecule is CCn1cc(C(=O)O)c(-c2ccc(F)cc2)nc1=O. The fourth-order valence-corrected chi connectivity index (χ4v) is 1.70. The maximum Gasteiger partial charge on any atom is 0.348 e. The van der Waals surface area contributed by atoms with Gasteiger partial charge in [0, 0.05) is 18.3 Å². The topological polar surface area (TPSA) is 72.2 Å². The fraction of sp³-hybridized carbons (Fsp3) is 0.154. The van der Waals surface area contributed by atoms with Crippen LogP contribution in [0.4, 0.5) is 4.39 Å². The molecule has 6 heteroatoms. The Labute approximate surface area is 108 Å². The van der Waals surface area contributed by atoms with Crippen molar-refractivity contribution in [1.82, 2.24) is 9.55 Å². The maximum absolute atomic E-state index is 12.9. The second-order valence-corrected chi connectivity index (χ2v) is 3.88. The molecule has 0 fully saturated rings. The van der Waals surface area contributed by atoms with Crippen LogP contribution >= 0.6 is 0 Å². The number of aryl methyl sites for hydroxylation is 1. The molecule has 0 spiro atoms. The van der Waals surface area contributed by atoms with Gasteiger partial charge in [0.15, 0.2) is 0 Å². The summed E-state index contributed by atoms with van der Waals surface area (Å²) in [6.07, 6.45) is 1.25. The molecule has 1 N–H and O–H groups in total. The third kappa shape index (κ3) is 2.52. The van der Waals surface area contributed by atoms with Crippen molar-refractivity contribution >= 4 is 5.97 Å². The minimum atomic E-state index is -1.19. The molecule has 19 heavy (non-hydrogen) atoms. The predicted octanol–water partition coefficient (Wildman–Crippen LogP) is 1.77. The van der Waals surface area contributed by atoms with Crippen LogP contribution in [-0.4, -0.2) is 20.6 Å². The fourth-order valence-electron chi connectivity index (χ4n) is 1.70. The van der Waals surface area contributed by atoms with E-state index in [1.54, 1.807) is 6.92 Å². The Morgan fingerprint density at radius 2 is 2.00 bits per heavy atom. The molecule has 2 rings (SSSR count). The molecule has 1 heterocycles. The predicted molar refractivity (Wildman–Crippen MR) is 66.5 cm³/mol. The first-order chi connectivity index (χ1) is 9.02. The number of carboxylic acids is 1. The van der Waals surface area contributed by atoms with Crippen LogP contribution in [0.2, 0.25) is 0 Å². The van der Waals surface area contributed by atoms with E-state index in [9.17, 15) is 14.0 Å². The highest BCUT2D eigenvalue weighted by Crippen LogP contribution is 2.20. The normalized spacial score (nSPS) is 10.4. The van der Waals surface area contributed by atoms with E-state index in [0.717, 1.165) is 0 Å². The maximum atomic E-state index is 12.9. The van der Waals surface area contributed by atoms with Crippen LogP contribution in [0.1, 0.15) is 17.3 Å². The van der Waals surface area contributed by atoms with Crippen molar-refractivity contribution in [3.63, 3.8) is 0 Å². The van der Waals surface area contributed by atoms with Crippen molar-refractivity contribution in [3.8, 4) is 11.3 Å². The molecule has 5 nitrogen and oxygen atoms in total. The summed E-state index contributed by atoms with van der Waals surface area (Å²) in [4.78, 5) is 26.7. The molecule has 0 saturated heterocycles. The average Bonchev–Trinajstić information content (AvgIpc) is 2.39. The first-order valence-electron chi connectivity index (χ1n) is 5.63. The summed E-state index contributed by atoms with van der Waals surface area (Å²) in [5, 5.41) is 9.16. The molecule has 0 aliphatic rings. The number of aromatic nitrogens is 2. The zero-order chi connectivity index (χ0) is 14.0. The number of benzene rings is 1. The minimum Gasteiger partial charge on any atom is -0.478 e. The molecule has 0 saturated carbocycles. The molecule has 0 radical (unpaired) electrons. The summed E-state index contributed by atoms with van der Waals surface area (Å²) in [6.45, 7) is 2.04. The van der Waals surface area contributed by atoms with E-state index < -0.39 is 17.5 Å². The van der Waals surface area contributed by atoms with Crippen molar-refractivity contribution < 1.29 is 14.3 Å². The lowest BCUT2D eigenvalue weighted by atomic mass is 10.1. The van der Waals surface area contributed by atoms with Gasteiger partial charge in [-0.2, -0.15) is 4.98 Å². The molecule has 0 atom stereocenters. The van der Waals surface area contributed by atoms with Crippen molar-refractivity contribution in [2.24, 2.45) is 0 Å². The van der Waals surface area contributed by atoms with Gasteiger partial charge in [0.2, 0.25) is 0 Å². The molecule has 0 bridgehead atoms. The summed E-state index contributed by atoms with van der Waals surface area (Å²) in [6, 6.07) is 5.15. The molecule has 0 amide bonds. The minimum absolute atomic E-state index is 0.0437. The Hall–Kier alpha value is -2.50. The second kappa shape index (κ2) is 5.01. The molecule has 1 aromatic carbocycles. The Morgan fingerprint density at radius 3 is 2.53 bits per heavy atom. The number of hydrogen-bond acceptors (Lipinski definition) is 3. The molecule has 0 aliphatic heterocycles. The van der Waals surface area contributed by atoms with Gasteiger partial charge in [-0.1, -0.05) is 0 Å². The molecular formula is C13H11FN2O3. The standard InChI is InChI=1S/C13H11FN2O3/c1-2-16-7-10(12(17)18)11(15-13(16)19)8-3-5-9(14)6-4-8/h3-7H,2H2,1H3,(H,17,18). The first-order valence-corrected chi connectivity index (χ1v) is 5.63. The third-order valence-corrected chi connectivity index (χ3v) is 2.68. The van der Waals surface area contributed by atoms with Gasteiger partial charge in [-0.3, -0.25) is 4.57 Å². The highest BCUT2D eigenvalue weighted by molar-refractivity contribution is 5.94. The summed E-state index contributed by atoms with van der Waals surface area (Å²) in [7, 11) is 0. The Kier molecular flexibility index (Phi) is 3.41. The van der Waals surface area contributed by atoms with Gasteiger partial charge >= 0.3 is 11.7 Å². The largest absolute Gasteiger partial charge is 0.478 e. The Balaban J connectivity index is 2.68. The van der Waals surface area contributed by atoms with Gasteiger partial charge in [-0.05, 0) is 31.2 Å².